The number of hydrogen-bond donors (Lipinski definition) is 2. The average Bonchev–Trinajstić information content (AvgIpc) is 3.07. The van der Waals surface area contributed by atoms with Gasteiger partial charge in [-0.05, 0) is 31.2 Å². The van der Waals surface area contributed by atoms with Crippen molar-refractivity contribution in [1.82, 2.24) is 10.6 Å². The molecule has 2 N–H and O–H groups in total. The van der Waals surface area contributed by atoms with Crippen LogP contribution in [0.1, 0.15) is 24.8 Å². The van der Waals surface area contributed by atoms with Crippen molar-refractivity contribution in [3.05, 3.63) is 48.0 Å². The molecular weight excluding hydrogens is 274 g/mol. The minimum absolute atomic E-state index is 0.494. The summed E-state index contributed by atoms with van der Waals surface area (Å²) >= 11 is 0. The van der Waals surface area contributed by atoms with Gasteiger partial charge in [0.2, 0.25) is 0 Å². The summed E-state index contributed by atoms with van der Waals surface area (Å²) in [5.74, 6) is 0.887. The van der Waals surface area contributed by atoms with Crippen molar-refractivity contribution in [1.29, 1.82) is 0 Å². The Bertz CT molecular complexity index is 462. The molecule has 0 fully saturated rings. The fourth-order valence-electron chi connectivity index (χ4n) is 2.44. The van der Waals surface area contributed by atoms with Crippen LogP contribution in [0.25, 0.3) is 0 Å². The summed E-state index contributed by atoms with van der Waals surface area (Å²) in [6.07, 6.45) is 8.56. The van der Waals surface area contributed by atoms with Crippen molar-refractivity contribution in [2.24, 2.45) is 4.99 Å². The number of hydrogen-bond acceptors (Lipinski definition) is 2. The van der Waals surface area contributed by atoms with E-state index in [1.54, 1.807) is 0 Å². The van der Waals surface area contributed by atoms with Crippen LogP contribution in [0, 0.1) is 0 Å². The molecule has 22 heavy (non-hydrogen) atoms. The number of benzene rings is 1. The lowest BCUT2D eigenvalue weighted by atomic mass is 10.2. The van der Waals surface area contributed by atoms with Crippen molar-refractivity contribution >= 4 is 5.96 Å². The second-order valence-electron chi connectivity index (χ2n) is 5.48. The zero-order valence-electron chi connectivity index (χ0n) is 13.4. The molecule has 2 rings (SSSR count). The van der Waals surface area contributed by atoms with Gasteiger partial charge in [-0.15, -0.1) is 0 Å². The minimum Gasteiger partial charge on any atom is -0.381 e. The average molecular weight is 301 g/mol. The molecule has 0 saturated heterocycles. The topological polar surface area (TPSA) is 45.7 Å². The molecule has 1 aromatic rings. The van der Waals surface area contributed by atoms with Gasteiger partial charge in [0, 0.05) is 26.2 Å². The van der Waals surface area contributed by atoms with Gasteiger partial charge in [-0.2, -0.15) is 0 Å². The third kappa shape index (κ3) is 6.31. The summed E-state index contributed by atoms with van der Waals surface area (Å²) in [4.78, 5) is 4.25. The Morgan fingerprint density at radius 2 is 1.95 bits per heavy atom. The predicted octanol–water partition coefficient (Wildman–Crippen LogP) is 2.52. The largest absolute Gasteiger partial charge is 0.381 e. The number of nitrogens with zero attached hydrogens (tertiary/aromatic N) is 1. The molecule has 0 bridgehead atoms. The maximum absolute atomic E-state index is 5.68. The Hall–Kier alpha value is -1.81. The number of ether oxygens (including phenoxy) is 1. The molecule has 0 aliphatic heterocycles. The fraction of sp³-hybridized carbons (Fsp3) is 0.500. The van der Waals surface area contributed by atoms with Gasteiger partial charge < -0.3 is 15.4 Å². The summed E-state index contributed by atoms with van der Waals surface area (Å²) in [7, 11) is 1.81. The van der Waals surface area contributed by atoms with E-state index >= 15 is 0 Å². The van der Waals surface area contributed by atoms with Crippen molar-refractivity contribution in [2.45, 2.75) is 31.7 Å². The highest BCUT2D eigenvalue weighted by Crippen LogP contribution is 2.08. The fourth-order valence-corrected chi connectivity index (χ4v) is 2.44. The first-order valence-corrected chi connectivity index (χ1v) is 8.12. The van der Waals surface area contributed by atoms with Gasteiger partial charge in [0.15, 0.2) is 5.96 Å². The number of aliphatic imine (C=N–C) groups is 1. The minimum atomic E-state index is 0.494. The Morgan fingerprint density at radius 3 is 2.68 bits per heavy atom. The molecule has 0 heterocycles. The molecule has 0 atom stereocenters. The second-order valence-corrected chi connectivity index (χ2v) is 5.48. The first-order chi connectivity index (χ1) is 10.9. The zero-order chi connectivity index (χ0) is 15.5. The highest BCUT2D eigenvalue weighted by atomic mass is 16.5. The van der Waals surface area contributed by atoms with Crippen LogP contribution in [0.3, 0.4) is 0 Å². The van der Waals surface area contributed by atoms with E-state index in [1.807, 2.05) is 13.1 Å². The molecule has 120 valence electrons. The maximum Gasteiger partial charge on any atom is 0.191 e. The highest BCUT2D eigenvalue weighted by Gasteiger charge is 2.10. The third-order valence-corrected chi connectivity index (χ3v) is 3.71. The summed E-state index contributed by atoms with van der Waals surface area (Å²) in [6.45, 7) is 2.44. The van der Waals surface area contributed by atoms with Gasteiger partial charge in [-0.25, -0.2) is 0 Å². The van der Waals surface area contributed by atoms with Crippen LogP contribution in [0.5, 0.6) is 0 Å². The SMILES string of the molecule is CN=C(NCCCOCCc1ccccc1)NC1CC=CC1. The summed E-state index contributed by atoms with van der Waals surface area (Å²) in [6, 6.07) is 10.9. The van der Waals surface area contributed by atoms with E-state index in [1.165, 1.54) is 5.56 Å². The molecule has 1 aliphatic rings. The number of nitrogens with one attached hydrogen (secondary N) is 2. The Morgan fingerprint density at radius 1 is 1.18 bits per heavy atom. The normalized spacial score (nSPS) is 15.2. The van der Waals surface area contributed by atoms with Crippen LogP contribution in [-0.4, -0.2) is 38.8 Å². The van der Waals surface area contributed by atoms with Gasteiger partial charge >= 0.3 is 0 Å². The van der Waals surface area contributed by atoms with Crippen molar-refractivity contribution in [3.63, 3.8) is 0 Å². The quantitative estimate of drug-likeness (QED) is 0.336. The van der Waals surface area contributed by atoms with Gasteiger partial charge in [0.25, 0.3) is 0 Å². The lowest BCUT2D eigenvalue weighted by Crippen LogP contribution is -2.42. The van der Waals surface area contributed by atoms with Crippen LogP contribution < -0.4 is 10.6 Å². The lowest BCUT2D eigenvalue weighted by molar-refractivity contribution is 0.135. The molecule has 4 nitrogen and oxygen atoms in total. The van der Waals surface area contributed by atoms with E-state index < -0.39 is 0 Å². The molecule has 0 radical (unpaired) electrons. The van der Waals surface area contributed by atoms with Gasteiger partial charge in [-0.1, -0.05) is 42.5 Å². The molecule has 1 aliphatic carbocycles. The van der Waals surface area contributed by atoms with Crippen LogP contribution in [-0.2, 0) is 11.2 Å². The van der Waals surface area contributed by atoms with E-state index in [0.717, 1.165) is 51.4 Å². The number of rotatable bonds is 8. The van der Waals surface area contributed by atoms with E-state index in [0.29, 0.717) is 6.04 Å². The standard InChI is InChI=1S/C18H27N3O/c1-19-18(21-17-10-5-6-11-17)20-13-7-14-22-15-12-16-8-3-2-4-9-16/h2-6,8-9,17H,7,10-15H2,1H3,(H2,19,20,21). The molecule has 0 saturated carbocycles. The van der Waals surface area contributed by atoms with Crippen LogP contribution >= 0.6 is 0 Å². The monoisotopic (exact) mass is 301 g/mol. The molecule has 4 heteroatoms. The van der Waals surface area contributed by atoms with Crippen LogP contribution in [0.4, 0.5) is 0 Å². The highest BCUT2D eigenvalue weighted by molar-refractivity contribution is 5.80. The van der Waals surface area contributed by atoms with Gasteiger partial charge in [0.1, 0.15) is 0 Å². The summed E-state index contributed by atoms with van der Waals surface area (Å²) < 4.78 is 5.68. The lowest BCUT2D eigenvalue weighted by Gasteiger charge is -2.16. The van der Waals surface area contributed by atoms with E-state index in [-0.39, 0.29) is 0 Å². The van der Waals surface area contributed by atoms with Crippen molar-refractivity contribution in [3.8, 4) is 0 Å². The maximum atomic E-state index is 5.68. The molecule has 0 aromatic heterocycles. The van der Waals surface area contributed by atoms with E-state index in [2.05, 4.69) is 52.0 Å². The Kier molecular flexibility index (Phi) is 7.53. The third-order valence-electron chi connectivity index (χ3n) is 3.71. The number of guanidine groups is 1. The Balaban J connectivity index is 1.47. The molecule has 0 spiro atoms. The van der Waals surface area contributed by atoms with E-state index in [9.17, 15) is 0 Å². The molecule has 0 unspecified atom stereocenters. The predicted molar refractivity (Wildman–Crippen MR) is 92.2 cm³/mol. The molecule has 0 amide bonds. The van der Waals surface area contributed by atoms with E-state index in [4.69, 9.17) is 4.74 Å². The van der Waals surface area contributed by atoms with Gasteiger partial charge in [0.05, 0.1) is 6.61 Å². The molecule has 1 aromatic carbocycles. The summed E-state index contributed by atoms with van der Waals surface area (Å²) in [5, 5.41) is 6.76. The molecular formula is C18H27N3O. The smallest absolute Gasteiger partial charge is 0.191 e. The van der Waals surface area contributed by atoms with Gasteiger partial charge in [-0.3, -0.25) is 4.99 Å². The first kappa shape index (κ1) is 16.6. The first-order valence-electron chi connectivity index (χ1n) is 8.12. The van der Waals surface area contributed by atoms with Crippen molar-refractivity contribution < 1.29 is 4.74 Å². The summed E-state index contributed by atoms with van der Waals surface area (Å²) in [5.41, 5.74) is 1.33. The van der Waals surface area contributed by atoms with Crippen LogP contribution in [0.2, 0.25) is 0 Å². The van der Waals surface area contributed by atoms with Crippen molar-refractivity contribution in [2.75, 3.05) is 26.8 Å². The van der Waals surface area contributed by atoms with Crippen LogP contribution in [0.15, 0.2) is 47.5 Å². The second kappa shape index (κ2) is 10.0. The zero-order valence-corrected chi connectivity index (χ0v) is 13.4. The Labute approximate surface area is 133 Å².